The molecule has 25 heavy (non-hydrogen) atoms. The van der Waals surface area contributed by atoms with Crippen LogP contribution in [0.2, 0.25) is 0 Å². The van der Waals surface area contributed by atoms with Crippen LogP contribution in [0.1, 0.15) is 15.2 Å². The Morgan fingerprint density at radius 3 is 1.56 bits per heavy atom. The first kappa shape index (κ1) is 13.9. The number of hydrogen-bond donors (Lipinski definition) is 0. The summed E-state index contributed by atoms with van der Waals surface area (Å²) in [5.74, 6) is 0. The SMILES string of the molecule is Cl.[2H]C([2H])([2H])N(Cc1cccc2ccccc12)Cc1cccc2ccccc12. The lowest BCUT2D eigenvalue weighted by molar-refractivity contribution is 0.321. The predicted molar refractivity (Wildman–Crippen MR) is 110 cm³/mol. The Bertz CT molecular complexity index is 1000. The number of hydrogen-bond acceptors (Lipinski definition) is 1. The summed E-state index contributed by atoms with van der Waals surface area (Å²) in [6.07, 6.45) is 0. The predicted octanol–water partition coefficient (Wildman–Crippen LogP) is 6.05. The largest absolute Gasteiger partial charge is 0.298 e. The summed E-state index contributed by atoms with van der Waals surface area (Å²) in [5, 5.41) is 4.47. The quantitative estimate of drug-likeness (QED) is 0.433. The average Bonchev–Trinajstić information content (AvgIpc) is 2.67. The molecule has 4 aromatic carbocycles. The van der Waals surface area contributed by atoms with E-state index < -0.39 is 6.98 Å². The molecule has 1 nitrogen and oxygen atoms in total. The van der Waals surface area contributed by atoms with Crippen molar-refractivity contribution in [3.8, 4) is 0 Å². The maximum atomic E-state index is 8.06. The smallest absolute Gasteiger partial charge is 0.0394 e. The number of rotatable bonds is 4. The summed E-state index contributed by atoms with van der Waals surface area (Å²) in [6, 6.07) is 28.4. The molecule has 0 aliphatic carbocycles. The van der Waals surface area contributed by atoms with Gasteiger partial charge in [0.15, 0.2) is 0 Å². The van der Waals surface area contributed by atoms with Crippen molar-refractivity contribution in [1.82, 2.24) is 4.90 Å². The van der Waals surface area contributed by atoms with Crippen LogP contribution >= 0.6 is 12.4 Å². The van der Waals surface area contributed by atoms with E-state index in [0.717, 1.165) is 32.7 Å². The van der Waals surface area contributed by atoms with Gasteiger partial charge in [0.1, 0.15) is 0 Å². The Hall–Kier alpha value is -2.35. The van der Waals surface area contributed by atoms with Crippen molar-refractivity contribution < 1.29 is 4.11 Å². The molecule has 0 radical (unpaired) electrons. The lowest BCUT2D eigenvalue weighted by atomic mass is 10.0. The van der Waals surface area contributed by atoms with Gasteiger partial charge >= 0.3 is 0 Å². The van der Waals surface area contributed by atoms with Gasteiger partial charge in [0.2, 0.25) is 0 Å². The van der Waals surface area contributed by atoms with Crippen molar-refractivity contribution >= 4 is 34.0 Å². The third-order valence-electron chi connectivity index (χ3n) is 4.48. The van der Waals surface area contributed by atoms with Gasteiger partial charge in [-0.05, 0) is 39.6 Å². The number of halogens is 1. The molecule has 0 atom stereocenters. The van der Waals surface area contributed by atoms with Crippen LogP contribution in [0.5, 0.6) is 0 Å². The second kappa shape index (κ2) is 7.69. The van der Waals surface area contributed by atoms with E-state index in [4.69, 9.17) is 4.11 Å². The van der Waals surface area contributed by atoms with Crippen LogP contribution in [0.25, 0.3) is 21.5 Å². The van der Waals surface area contributed by atoms with E-state index in [1.54, 1.807) is 4.90 Å². The molecular weight excluding hydrogens is 326 g/mol. The molecule has 4 aromatic rings. The molecule has 2 heteroatoms. The van der Waals surface area contributed by atoms with Gasteiger partial charge in [-0.15, -0.1) is 12.4 Å². The van der Waals surface area contributed by atoms with Gasteiger partial charge < -0.3 is 0 Å². The molecular formula is C23H22ClN. The van der Waals surface area contributed by atoms with Crippen LogP contribution in [-0.4, -0.2) is 11.9 Å². The van der Waals surface area contributed by atoms with Crippen molar-refractivity contribution in [3.05, 3.63) is 96.1 Å². The minimum atomic E-state index is -2.17. The monoisotopic (exact) mass is 350 g/mol. The lowest BCUT2D eigenvalue weighted by Crippen LogP contribution is -2.17. The number of benzene rings is 4. The van der Waals surface area contributed by atoms with E-state index in [2.05, 4.69) is 36.4 Å². The highest BCUT2D eigenvalue weighted by Crippen LogP contribution is 2.22. The standard InChI is InChI=1S/C23H21N.ClH/c1-24(16-20-12-6-10-18-8-2-4-14-22(18)20)17-21-13-7-11-19-9-3-5-15-23(19)21;/h2-15H,16-17H2,1H3;1H/i1D3;. The molecule has 0 spiro atoms. The van der Waals surface area contributed by atoms with E-state index in [1.807, 2.05) is 48.5 Å². The van der Waals surface area contributed by atoms with Gasteiger partial charge in [-0.25, -0.2) is 0 Å². The lowest BCUT2D eigenvalue weighted by Gasteiger charge is -2.19. The minimum Gasteiger partial charge on any atom is -0.298 e. The van der Waals surface area contributed by atoms with Gasteiger partial charge in [0, 0.05) is 17.2 Å². The van der Waals surface area contributed by atoms with Crippen LogP contribution < -0.4 is 0 Å². The first-order chi connectivity index (χ1) is 13.0. The normalized spacial score (nSPS) is 13.2. The van der Waals surface area contributed by atoms with Crippen molar-refractivity contribution in [2.45, 2.75) is 13.1 Å². The summed E-state index contributed by atoms with van der Waals surface area (Å²) < 4.78 is 24.2. The zero-order valence-corrected chi connectivity index (χ0v) is 14.7. The second-order valence-corrected chi connectivity index (χ2v) is 6.13. The summed E-state index contributed by atoms with van der Waals surface area (Å²) >= 11 is 0. The molecule has 0 amide bonds. The van der Waals surface area contributed by atoms with Gasteiger partial charge in [-0.3, -0.25) is 4.90 Å². The molecule has 0 aliphatic heterocycles. The van der Waals surface area contributed by atoms with Gasteiger partial charge in [-0.1, -0.05) is 84.9 Å². The van der Waals surface area contributed by atoms with E-state index in [1.165, 1.54) is 0 Å². The Kier molecular flexibility index (Phi) is 4.27. The zero-order chi connectivity index (χ0) is 18.9. The third kappa shape index (κ3) is 3.68. The zero-order valence-electron chi connectivity index (χ0n) is 16.9. The molecule has 0 saturated carbocycles. The van der Waals surface area contributed by atoms with Crippen molar-refractivity contribution in [2.24, 2.45) is 0 Å². The average molecular weight is 351 g/mol. The van der Waals surface area contributed by atoms with Crippen LogP contribution in [0.3, 0.4) is 0 Å². The third-order valence-corrected chi connectivity index (χ3v) is 4.48. The van der Waals surface area contributed by atoms with E-state index in [-0.39, 0.29) is 12.4 Å². The van der Waals surface area contributed by atoms with Crippen LogP contribution in [0.4, 0.5) is 0 Å². The highest BCUT2D eigenvalue weighted by molar-refractivity contribution is 5.86. The fourth-order valence-corrected chi connectivity index (χ4v) is 3.33. The Morgan fingerprint density at radius 1 is 0.640 bits per heavy atom. The van der Waals surface area contributed by atoms with Crippen LogP contribution in [0, 0.1) is 0 Å². The highest BCUT2D eigenvalue weighted by Gasteiger charge is 2.07. The van der Waals surface area contributed by atoms with Crippen LogP contribution in [0.15, 0.2) is 84.9 Å². The van der Waals surface area contributed by atoms with Crippen molar-refractivity contribution in [3.63, 3.8) is 0 Å². The summed E-state index contributed by atoms with van der Waals surface area (Å²) in [4.78, 5) is 1.58. The maximum Gasteiger partial charge on any atom is 0.0394 e. The van der Waals surface area contributed by atoms with Crippen molar-refractivity contribution in [2.75, 3.05) is 6.98 Å². The molecule has 4 rings (SSSR count). The second-order valence-electron chi connectivity index (χ2n) is 6.13. The molecule has 0 saturated heterocycles. The fourth-order valence-electron chi connectivity index (χ4n) is 3.33. The summed E-state index contributed by atoms with van der Waals surface area (Å²) in [7, 11) is 0. The summed E-state index contributed by atoms with van der Waals surface area (Å²) in [6.45, 7) is -1.42. The number of nitrogens with zero attached hydrogens (tertiary/aromatic N) is 1. The maximum absolute atomic E-state index is 8.06. The molecule has 126 valence electrons. The molecule has 0 fully saturated rings. The highest BCUT2D eigenvalue weighted by atomic mass is 35.5. The van der Waals surface area contributed by atoms with Crippen LogP contribution in [-0.2, 0) is 13.1 Å². The Balaban J connectivity index is 0.00000225. The molecule has 0 N–H and O–H groups in total. The Morgan fingerprint density at radius 2 is 1.08 bits per heavy atom. The molecule has 0 bridgehead atoms. The fraction of sp³-hybridized carbons (Fsp3) is 0.130. The first-order valence-corrected chi connectivity index (χ1v) is 8.21. The van der Waals surface area contributed by atoms with E-state index in [0.29, 0.717) is 13.1 Å². The first-order valence-electron chi connectivity index (χ1n) is 9.71. The van der Waals surface area contributed by atoms with Crippen molar-refractivity contribution in [1.29, 1.82) is 0 Å². The van der Waals surface area contributed by atoms with E-state index in [9.17, 15) is 0 Å². The molecule has 0 unspecified atom stereocenters. The van der Waals surface area contributed by atoms with Gasteiger partial charge in [-0.2, -0.15) is 0 Å². The molecule has 0 heterocycles. The Labute approximate surface area is 159 Å². The molecule has 0 aromatic heterocycles. The van der Waals surface area contributed by atoms with Gasteiger partial charge in [0.05, 0.1) is 0 Å². The van der Waals surface area contributed by atoms with Gasteiger partial charge in [0.25, 0.3) is 0 Å². The summed E-state index contributed by atoms with van der Waals surface area (Å²) in [5.41, 5.74) is 2.06. The number of fused-ring (bicyclic) bond motifs is 2. The topological polar surface area (TPSA) is 3.24 Å². The van der Waals surface area contributed by atoms with E-state index >= 15 is 0 Å². The minimum absolute atomic E-state index is 0. The molecule has 0 aliphatic rings.